The fraction of sp³-hybridized carbons (Fsp3) is 0.400. The molecule has 4 aromatic rings. The summed E-state index contributed by atoms with van der Waals surface area (Å²) in [4.78, 5) is 22.2. The van der Waals surface area contributed by atoms with Gasteiger partial charge in [0.2, 0.25) is 0 Å². The number of carbonyl (C=O) groups is 1. The second-order valence-corrected chi connectivity index (χ2v) is 9.93. The molecule has 1 saturated heterocycles. The molecular weight excluding hydrogens is 500 g/mol. The van der Waals surface area contributed by atoms with Crippen molar-refractivity contribution in [3.05, 3.63) is 40.5 Å². The molecule has 176 valence electrons. The highest BCUT2D eigenvalue weighted by Crippen LogP contribution is 2.38. The largest absolute Gasteiger partial charge is 0.494 e. The number of hydrogen-bond donors (Lipinski definition) is 0. The average Bonchev–Trinajstić information content (AvgIpc) is 3.47. The zero-order valence-electron chi connectivity index (χ0n) is 19.1. The number of esters is 1. The van der Waals surface area contributed by atoms with E-state index in [2.05, 4.69) is 37.2 Å². The van der Waals surface area contributed by atoms with Crippen LogP contribution in [0, 0.1) is 11.8 Å². The minimum Gasteiger partial charge on any atom is -0.494 e. The van der Waals surface area contributed by atoms with Gasteiger partial charge < -0.3 is 23.3 Å². The summed E-state index contributed by atoms with van der Waals surface area (Å²) >= 11 is 3.53. The number of methoxy groups -OCH3 is 2. The first-order valence-corrected chi connectivity index (χ1v) is 12.3. The molecule has 9 heteroatoms. The number of aromatic nitrogens is 4. The van der Waals surface area contributed by atoms with Gasteiger partial charge in [0.15, 0.2) is 5.82 Å². The van der Waals surface area contributed by atoms with E-state index in [0.717, 1.165) is 59.0 Å². The molecule has 34 heavy (non-hydrogen) atoms. The van der Waals surface area contributed by atoms with Gasteiger partial charge in [-0.15, -0.1) is 0 Å². The molecular formula is C25H25BrN4O4. The van der Waals surface area contributed by atoms with Crippen LogP contribution < -0.4 is 4.74 Å². The molecule has 1 saturated carbocycles. The molecule has 1 aliphatic carbocycles. The number of imidazole rings is 1. The van der Waals surface area contributed by atoms with Crippen LogP contribution in [0.4, 0.5) is 0 Å². The van der Waals surface area contributed by atoms with Crippen molar-refractivity contribution in [2.75, 3.05) is 27.4 Å². The first-order valence-electron chi connectivity index (χ1n) is 11.5. The average molecular weight is 525 g/mol. The molecule has 3 aromatic heterocycles. The summed E-state index contributed by atoms with van der Waals surface area (Å²) in [6.07, 6.45) is 2.47. The fourth-order valence-electron chi connectivity index (χ4n) is 4.68. The minimum atomic E-state index is -0.416. The van der Waals surface area contributed by atoms with E-state index in [1.807, 2.05) is 6.07 Å². The Kier molecular flexibility index (Phi) is 5.33. The SMILES string of the molecule is COC(=O)c1cc(OC)c2c(c1)nc(-c1cc3ccc(Br)nc3n1CC1CC1)n2CC1COC1. The van der Waals surface area contributed by atoms with Crippen LogP contribution in [0.1, 0.15) is 23.2 Å². The van der Waals surface area contributed by atoms with Gasteiger partial charge in [-0.25, -0.2) is 14.8 Å². The maximum Gasteiger partial charge on any atom is 0.338 e. The lowest BCUT2D eigenvalue weighted by molar-refractivity contribution is -0.0387. The van der Waals surface area contributed by atoms with Gasteiger partial charge >= 0.3 is 5.97 Å². The van der Waals surface area contributed by atoms with Crippen molar-refractivity contribution in [2.24, 2.45) is 11.8 Å². The number of hydrogen-bond acceptors (Lipinski definition) is 6. The number of ether oxygens (including phenoxy) is 3. The summed E-state index contributed by atoms with van der Waals surface area (Å²) in [5, 5.41) is 1.08. The zero-order chi connectivity index (χ0) is 23.4. The molecule has 6 rings (SSSR count). The second-order valence-electron chi connectivity index (χ2n) is 9.12. The Balaban J connectivity index is 1.61. The predicted molar refractivity (Wildman–Crippen MR) is 131 cm³/mol. The Morgan fingerprint density at radius 2 is 1.88 bits per heavy atom. The second kappa shape index (κ2) is 8.39. The smallest absolute Gasteiger partial charge is 0.338 e. The van der Waals surface area contributed by atoms with Crippen LogP contribution in [0.15, 0.2) is 34.9 Å². The quantitative estimate of drug-likeness (QED) is 0.258. The Labute approximate surface area is 205 Å². The van der Waals surface area contributed by atoms with Gasteiger partial charge in [0.1, 0.15) is 21.5 Å². The first kappa shape index (κ1) is 21.6. The van der Waals surface area contributed by atoms with Crippen molar-refractivity contribution in [2.45, 2.75) is 25.9 Å². The van der Waals surface area contributed by atoms with Crippen LogP contribution in [0.3, 0.4) is 0 Å². The maximum absolute atomic E-state index is 12.3. The van der Waals surface area contributed by atoms with Gasteiger partial charge in [-0.3, -0.25) is 0 Å². The molecule has 0 radical (unpaired) electrons. The monoisotopic (exact) mass is 524 g/mol. The van der Waals surface area contributed by atoms with Crippen molar-refractivity contribution in [1.29, 1.82) is 0 Å². The van der Waals surface area contributed by atoms with E-state index < -0.39 is 5.97 Å². The van der Waals surface area contributed by atoms with E-state index in [-0.39, 0.29) is 0 Å². The Morgan fingerprint density at radius 3 is 2.56 bits per heavy atom. The standard InChI is InChI=1S/C25H25BrN4O4/c1-32-20-9-17(25(31)33-2)7-18-22(20)30(11-15-12-34-13-15)24(27-18)19-8-16-5-6-21(26)28-23(16)29(19)10-14-3-4-14/h5-9,14-15H,3-4,10-13H2,1-2H3. The Hall–Kier alpha value is -2.91. The molecule has 1 aliphatic heterocycles. The Bertz CT molecular complexity index is 1420. The molecule has 0 unspecified atom stereocenters. The van der Waals surface area contributed by atoms with Crippen molar-refractivity contribution in [3.8, 4) is 17.3 Å². The lowest BCUT2D eigenvalue weighted by atomic mass is 10.1. The molecule has 1 aromatic carbocycles. The van der Waals surface area contributed by atoms with E-state index in [9.17, 15) is 4.79 Å². The summed E-state index contributed by atoms with van der Waals surface area (Å²) in [6, 6.07) is 9.73. The van der Waals surface area contributed by atoms with E-state index >= 15 is 0 Å². The van der Waals surface area contributed by atoms with Crippen molar-refractivity contribution in [3.63, 3.8) is 0 Å². The summed E-state index contributed by atoms with van der Waals surface area (Å²) in [7, 11) is 2.99. The molecule has 2 fully saturated rings. The van der Waals surface area contributed by atoms with Gasteiger partial charge in [0.25, 0.3) is 0 Å². The summed E-state index contributed by atoms with van der Waals surface area (Å²) < 4.78 is 21.5. The van der Waals surface area contributed by atoms with Gasteiger partial charge in [-0.2, -0.15) is 0 Å². The van der Waals surface area contributed by atoms with E-state index in [4.69, 9.17) is 24.2 Å². The molecule has 0 bridgehead atoms. The maximum atomic E-state index is 12.3. The Morgan fingerprint density at radius 1 is 1.09 bits per heavy atom. The number of fused-ring (bicyclic) bond motifs is 2. The van der Waals surface area contributed by atoms with E-state index in [1.165, 1.54) is 20.0 Å². The van der Waals surface area contributed by atoms with Gasteiger partial charge in [0, 0.05) is 24.4 Å². The van der Waals surface area contributed by atoms with Crippen LogP contribution in [0.25, 0.3) is 33.6 Å². The predicted octanol–water partition coefficient (Wildman–Crippen LogP) is 4.67. The molecule has 8 nitrogen and oxygen atoms in total. The molecule has 0 N–H and O–H groups in total. The molecule has 0 spiro atoms. The van der Waals surface area contributed by atoms with Crippen molar-refractivity contribution in [1.82, 2.24) is 19.1 Å². The number of benzene rings is 1. The molecule has 2 aliphatic rings. The highest BCUT2D eigenvalue weighted by molar-refractivity contribution is 9.10. The van der Waals surface area contributed by atoms with Crippen LogP contribution in [0.5, 0.6) is 5.75 Å². The van der Waals surface area contributed by atoms with Crippen molar-refractivity contribution < 1.29 is 19.0 Å². The fourth-order valence-corrected chi connectivity index (χ4v) is 4.98. The molecule has 0 amide bonds. The first-order chi connectivity index (χ1) is 16.6. The van der Waals surface area contributed by atoms with Crippen LogP contribution in [0.2, 0.25) is 0 Å². The highest BCUT2D eigenvalue weighted by Gasteiger charge is 2.29. The van der Waals surface area contributed by atoms with Gasteiger partial charge in [-0.1, -0.05) is 0 Å². The molecule has 0 atom stereocenters. The number of rotatable bonds is 7. The third kappa shape index (κ3) is 3.67. The van der Waals surface area contributed by atoms with Crippen LogP contribution in [-0.4, -0.2) is 52.5 Å². The summed E-state index contributed by atoms with van der Waals surface area (Å²) in [5.41, 5.74) is 3.95. The van der Waals surface area contributed by atoms with E-state index in [0.29, 0.717) is 28.7 Å². The van der Waals surface area contributed by atoms with Crippen molar-refractivity contribution >= 4 is 44.0 Å². The summed E-state index contributed by atoms with van der Waals surface area (Å²) in [5.74, 6) is 2.09. The lowest BCUT2D eigenvalue weighted by Gasteiger charge is -2.27. The summed E-state index contributed by atoms with van der Waals surface area (Å²) in [6.45, 7) is 3.10. The number of pyridine rings is 1. The number of halogens is 1. The number of nitrogens with zero attached hydrogens (tertiary/aromatic N) is 4. The third-order valence-corrected chi connectivity index (χ3v) is 7.11. The zero-order valence-corrected chi connectivity index (χ0v) is 20.7. The minimum absolute atomic E-state index is 0.398. The third-order valence-electron chi connectivity index (χ3n) is 6.67. The molecule has 4 heterocycles. The highest BCUT2D eigenvalue weighted by atomic mass is 79.9. The van der Waals surface area contributed by atoms with Gasteiger partial charge in [0.05, 0.1) is 44.2 Å². The lowest BCUT2D eigenvalue weighted by Crippen LogP contribution is -2.31. The normalized spacial score (nSPS) is 16.2. The van der Waals surface area contributed by atoms with E-state index in [1.54, 1.807) is 19.2 Å². The van der Waals surface area contributed by atoms with Gasteiger partial charge in [-0.05, 0) is 65.0 Å². The van der Waals surface area contributed by atoms with Crippen LogP contribution in [-0.2, 0) is 22.6 Å². The van der Waals surface area contributed by atoms with Crippen LogP contribution >= 0.6 is 15.9 Å². The number of carbonyl (C=O) groups excluding carboxylic acids is 1. The topological polar surface area (TPSA) is 80.4 Å².